The normalized spacial score (nSPS) is 11.2. The Morgan fingerprint density at radius 2 is 1.59 bits per heavy atom. The van der Waals surface area contributed by atoms with Gasteiger partial charge < -0.3 is 4.43 Å². The minimum absolute atomic E-state index is 0. The maximum atomic E-state index is 5.91. The summed E-state index contributed by atoms with van der Waals surface area (Å²) in [4.78, 5) is 0. The Morgan fingerprint density at radius 1 is 1.06 bits per heavy atom. The number of rotatable bonds is 6. The third-order valence-corrected chi connectivity index (χ3v) is 7.65. The van der Waals surface area contributed by atoms with Crippen molar-refractivity contribution in [2.75, 3.05) is 0 Å². The first kappa shape index (κ1) is 16.6. The van der Waals surface area contributed by atoms with Crippen molar-refractivity contribution >= 4 is 14.4 Å². The SMILES string of the molecule is CC[Si](CC)(CC)O[C-]=Cc1ccccc1.[Li+]. The van der Waals surface area contributed by atoms with E-state index in [9.17, 15) is 0 Å². The molecule has 0 amide bonds. The smallest absolute Gasteiger partial charge is 0.643 e. The van der Waals surface area contributed by atoms with Gasteiger partial charge in [-0.2, -0.15) is 11.6 Å². The van der Waals surface area contributed by atoms with E-state index >= 15 is 0 Å². The van der Waals surface area contributed by atoms with Crippen LogP contribution in [0.3, 0.4) is 0 Å². The maximum absolute atomic E-state index is 5.91. The summed E-state index contributed by atoms with van der Waals surface area (Å²) in [6.45, 7) is 6.68. The van der Waals surface area contributed by atoms with E-state index in [4.69, 9.17) is 4.43 Å². The van der Waals surface area contributed by atoms with Gasteiger partial charge in [0.1, 0.15) is 0 Å². The summed E-state index contributed by atoms with van der Waals surface area (Å²) in [5.41, 5.74) is 1.15. The molecule has 88 valence electrons. The van der Waals surface area contributed by atoms with E-state index in [1.807, 2.05) is 24.3 Å². The fraction of sp³-hybridized carbons (Fsp3) is 0.429. The first-order valence-electron chi connectivity index (χ1n) is 6.08. The van der Waals surface area contributed by atoms with Crippen molar-refractivity contribution in [2.45, 2.75) is 38.9 Å². The summed E-state index contributed by atoms with van der Waals surface area (Å²) in [7, 11) is -1.51. The Morgan fingerprint density at radius 3 is 2.06 bits per heavy atom. The zero-order valence-corrected chi connectivity index (χ0v) is 12.5. The molecule has 17 heavy (non-hydrogen) atoms. The van der Waals surface area contributed by atoms with Gasteiger partial charge in [0.2, 0.25) is 8.32 Å². The predicted molar refractivity (Wildman–Crippen MR) is 72.4 cm³/mol. The molecule has 0 unspecified atom stereocenters. The largest absolute Gasteiger partial charge is 1.00 e. The van der Waals surface area contributed by atoms with E-state index in [0.29, 0.717) is 0 Å². The molecule has 0 saturated carbocycles. The van der Waals surface area contributed by atoms with Gasteiger partial charge in [0.15, 0.2) is 0 Å². The second kappa shape index (κ2) is 8.63. The summed E-state index contributed by atoms with van der Waals surface area (Å²) in [6, 6.07) is 13.7. The van der Waals surface area contributed by atoms with Crippen molar-refractivity contribution in [3.63, 3.8) is 0 Å². The van der Waals surface area contributed by atoms with Crippen molar-refractivity contribution in [3.05, 3.63) is 42.2 Å². The third kappa shape index (κ3) is 5.16. The maximum Gasteiger partial charge on any atom is 1.00 e. The van der Waals surface area contributed by atoms with Crippen LogP contribution in [0.2, 0.25) is 18.1 Å². The van der Waals surface area contributed by atoms with E-state index in [2.05, 4.69) is 39.2 Å². The Labute approximate surface area is 119 Å². The van der Waals surface area contributed by atoms with Crippen molar-refractivity contribution in [2.24, 2.45) is 0 Å². The second-order valence-electron chi connectivity index (χ2n) is 4.02. The van der Waals surface area contributed by atoms with Crippen LogP contribution >= 0.6 is 0 Å². The summed E-state index contributed by atoms with van der Waals surface area (Å²) < 4.78 is 5.91. The van der Waals surface area contributed by atoms with Crippen LogP contribution in [0.15, 0.2) is 30.3 Å². The van der Waals surface area contributed by atoms with Crippen LogP contribution in [-0.4, -0.2) is 8.32 Å². The van der Waals surface area contributed by atoms with Crippen LogP contribution in [0.5, 0.6) is 0 Å². The zero-order chi connectivity index (χ0) is 11.9. The van der Waals surface area contributed by atoms with E-state index in [-0.39, 0.29) is 18.9 Å². The van der Waals surface area contributed by atoms with E-state index in [0.717, 1.165) is 23.7 Å². The van der Waals surface area contributed by atoms with Crippen molar-refractivity contribution < 1.29 is 23.3 Å². The van der Waals surface area contributed by atoms with Gasteiger partial charge in [0.25, 0.3) is 0 Å². The van der Waals surface area contributed by atoms with Crippen LogP contribution in [0.25, 0.3) is 6.08 Å². The molecule has 0 aromatic heterocycles. The number of hydrogen-bond donors (Lipinski definition) is 0. The summed E-state index contributed by atoms with van der Waals surface area (Å²) >= 11 is 0. The average molecular weight is 240 g/mol. The van der Waals surface area contributed by atoms with Crippen LogP contribution in [0.4, 0.5) is 0 Å². The summed E-state index contributed by atoms with van der Waals surface area (Å²) in [6.07, 6.45) is 4.97. The van der Waals surface area contributed by atoms with E-state index in [1.54, 1.807) is 0 Å². The van der Waals surface area contributed by atoms with Gasteiger partial charge in [-0.15, -0.1) is 12.1 Å². The molecule has 0 aliphatic carbocycles. The monoisotopic (exact) mass is 240 g/mol. The molecule has 0 fully saturated rings. The molecule has 0 atom stereocenters. The van der Waals surface area contributed by atoms with Gasteiger partial charge in [-0.3, -0.25) is 0 Å². The Bertz CT molecular complexity index is 312. The molecule has 0 N–H and O–H groups in total. The van der Waals surface area contributed by atoms with Crippen LogP contribution in [0, 0.1) is 6.26 Å². The molecule has 0 aliphatic rings. The molecule has 0 heterocycles. The third-order valence-electron chi connectivity index (χ3n) is 3.23. The number of benzene rings is 1. The van der Waals surface area contributed by atoms with Gasteiger partial charge in [-0.1, -0.05) is 45.2 Å². The summed E-state index contributed by atoms with van der Waals surface area (Å²) in [5.74, 6) is 0. The quantitative estimate of drug-likeness (QED) is 0.416. The molecule has 0 aliphatic heterocycles. The fourth-order valence-corrected chi connectivity index (χ4v) is 3.98. The molecule has 0 spiro atoms. The standard InChI is InChI=1S/C14H21OSi.Li/c1-4-16(5-2,6-3)15-13-12-14-10-8-7-9-11-14;/h7-12H,4-6H2,1-3H3;/q-1;+1. The van der Waals surface area contributed by atoms with E-state index < -0.39 is 8.32 Å². The van der Waals surface area contributed by atoms with Crippen LogP contribution in [0.1, 0.15) is 26.3 Å². The second-order valence-corrected chi connectivity index (χ2v) is 8.71. The minimum atomic E-state index is -1.51. The fourth-order valence-electron chi connectivity index (χ4n) is 1.74. The summed E-state index contributed by atoms with van der Waals surface area (Å²) in [5, 5.41) is 0. The Kier molecular flexibility index (Phi) is 8.42. The molecule has 1 nitrogen and oxygen atoms in total. The Hall–Kier alpha value is -0.426. The van der Waals surface area contributed by atoms with Gasteiger partial charge in [0, 0.05) is 0 Å². The van der Waals surface area contributed by atoms with Crippen molar-refractivity contribution in [3.8, 4) is 0 Å². The van der Waals surface area contributed by atoms with E-state index in [1.165, 1.54) is 0 Å². The molecule has 0 radical (unpaired) electrons. The molecule has 0 saturated heterocycles. The first-order valence-corrected chi connectivity index (χ1v) is 8.61. The molecule has 1 aromatic rings. The molecule has 1 rings (SSSR count). The van der Waals surface area contributed by atoms with Gasteiger partial charge in [-0.25, -0.2) is 0 Å². The van der Waals surface area contributed by atoms with Crippen molar-refractivity contribution in [1.82, 2.24) is 0 Å². The number of hydrogen-bond acceptors (Lipinski definition) is 1. The van der Waals surface area contributed by atoms with Gasteiger partial charge >= 0.3 is 18.9 Å². The van der Waals surface area contributed by atoms with Gasteiger partial charge in [-0.05, 0) is 18.1 Å². The Balaban J connectivity index is 0.00000256. The predicted octanol–water partition coefficient (Wildman–Crippen LogP) is 1.49. The molecule has 1 aromatic carbocycles. The van der Waals surface area contributed by atoms with Crippen LogP contribution < -0.4 is 18.9 Å². The van der Waals surface area contributed by atoms with Crippen molar-refractivity contribution in [1.29, 1.82) is 0 Å². The topological polar surface area (TPSA) is 9.23 Å². The molecular formula is C14H21LiOSi. The van der Waals surface area contributed by atoms with Gasteiger partial charge in [0.05, 0.1) is 0 Å². The van der Waals surface area contributed by atoms with Crippen LogP contribution in [-0.2, 0) is 4.43 Å². The zero-order valence-electron chi connectivity index (χ0n) is 11.5. The first-order chi connectivity index (χ1) is 7.76. The molecule has 0 bridgehead atoms. The molecule has 3 heteroatoms. The average Bonchev–Trinajstić information content (AvgIpc) is 2.37. The minimum Gasteiger partial charge on any atom is -0.643 e. The molecular weight excluding hydrogens is 219 g/mol.